The maximum Gasteiger partial charge on any atom is 0.127 e. The lowest BCUT2D eigenvalue weighted by atomic mass is 9.77. The van der Waals surface area contributed by atoms with E-state index in [2.05, 4.69) is 53.7 Å². The molecule has 0 radical (unpaired) electrons. The molecular formula is C26H29ClO2. The Labute approximate surface area is 178 Å². The van der Waals surface area contributed by atoms with E-state index < -0.39 is 0 Å². The van der Waals surface area contributed by atoms with E-state index in [1.54, 1.807) is 12.1 Å². The van der Waals surface area contributed by atoms with Gasteiger partial charge in [-0.1, -0.05) is 77.4 Å². The molecule has 3 rings (SSSR count). The van der Waals surface area contributed by atoms with Crippen LogP contribution >= 0.6 is 11.6 Å². The van der Waals surface area contributed by atoms with Crippen molar-refractivity contribution in [2.75, 3.05) is 0 Å². The van der Waals surface area contributed by atoms with Crippen molar-refractivity contribution in [3.63, 3.8) is 0 Å². The van der Waals surface area contributed by atoms with Crippen LogP contribution in [0.15, 0.2) is 54.6 Å². The molecule has 0 atom stereocenters. The molecular weight excluding hydrogens is 380 g/mol. The second-order valence-electron chi connectivity index (χ2n) is 9.66. The number of aromatic hydroxyl groups is 2. The summed E-state index contributed by atoms with van der Waals surface area (Å²) in [6.45, 7) is 12.9. The number of halogens is 1. The van der Waals surface area contributed by atoms with Gasteiger partial charge in [-0.05, 0) is 63.4 Å². The Morgan fingerprint density at radius 3 is 1.83 bits per heavy atom. The molecule has 0 aromatic heterocycles. The Bertz CT molecular complexity index is 1040. The molecule has 0 spiro atoms. The van der Waals surface area contributed by atoms with E-state index in [1.807, 2.05) is 30.3 Å². The van der Waals surface area contributed by atoms with Gasteiger partial charge < -0.3 is 10.2 Å². The van der Waals surface area contributed by atoms with Gasteiger partial charge in [-0.2, -0.15) is 0 Å². The molecule has 0 saturated carbocycles. The fourth-order valence-electron chi connectivity index (χ4n) is 3.48. The van der Waals surface area contributed by atoms with E-state index >= 15 is 0 Å². The van der Waals surface area contributed by atoms with Gasteiger partial charge in [-0.15, -0.1) is 0 Å². The highest BCUT2D eigenvalue weighted by atomic mass is 35.5. The van der Waals surface area contributed by atoms with Crippen LogP contribution in [-0.2, 0) is 10.8 Å². The van der Waals surface area contributed by atoms with E-state index in [9.17, 15) is 10.2 Å². The minimum Gasteiger partial charge on any atom is -0.508 e. The summed E-state index contributed by atoms with van der Waals surface area (Å²) in [6, 6.07) is 17.0. The highest BCUT2D eigenvalue weighted by Gasteiger charge is 2.26. The van der Waals surface area contributed by atoms with Crippen LogP contribution in [0.25, 0.3) is 22.3 Å². The summed E-state index contributed by atoms with van der Waals surface area (Å²) >= 11 is 6.32. The van der Waals surface area contributed by atoms with Crippen molar-refractivity contribution in [2.24, 2.45) is 0 Å². The molecule has 0 fully saturated rings. The average Bonchev–Trinajstić information content (AvgIpc) is 2.61. The Balaban J connectivity index is 2.35. The molecule has 0 unspecified atom stereocenters. The first-order valence-electron chi connectivity index (χ1n) is 9.85. The summed E-state index contributed by atoms with van der Waals surface area (Å²) in [7, 11) is 0. The fraction of sp³-hybridized carbons (Fsp3) is 0.308. The molecule has 0 amide bonds. The molecule has 0 aliphatic rings. The maximum atomic E-state index is 11.3. The zero-order chi connectivity index (χ0) is 21.6. The van der Waals surface area contributed by atoms with Crippen molar-refractivity contribution in [1.29, 1.82) is 0 Å². The molecule has 2 nitrogen and oxygen atoms in total. The van der Waals surface area contributed by atoms with Crippen molar-refractivity contribution in [3.8, 4) is 33.8 Å². The van der Waals surface area contributed by atoms with Gasteiger partial charge in [0.25, 0.3) is 0 Å². The Morgan fingerprint density at radius 2 is 1.28 bits per heavy atom. The van der Waals surface area contributed by atoms with Gasteiger partial charge in [0, 0.05) is 16.1 Å². The van der Waals surface area contributed by atoms with Crippen molar-refractivity contribution in [3.05, 3.63) is 70.7 Å². The second-order valence-corrected chi connectivity index (χ2v) is 10.1. The summed E-state index contributed by atoms with van der Waals surface area (Å²) in [5.74, 6) is 0.512. The molecule has 3 heteroatoms. The molecule has 29 heavy (non-hydrogen) atoms. The first kappa shape index (κ1) is 21.3. The number of phenolic OH excluding ortho intramolecular Hbond substituents is 2. The zero-order valence-electron chi connectivity index (χ0n) is 18.0. The monoisotopic (exact) mass is 408 g/mol. The lowest BCUT2D eigenvalue weighted by molar-refractivity contribution is 0.446. The number of hydrogen-bond donors (Lipinski definition) is 2. The second kappa shape index (κ2) is 7.42. The minimum atomic E-state index is -0.203. The molecule has 0 aliphatic heterocycles. The van der Waals surface area contributed by atoms with Crippen LogP contribution < -0.4 is 0 Å². The molecule has 3 aromatic rings. The fourth-order valence-corrected chi connectivity index (χ4v) is 3.65. The number of hydrogen-bond acceptors (Lipinski definition) is 2. The van der Waals surface area contributed by atoms with E-state index in [-0.39, 0.29) is 16.6 Å². The lowest BCUT2D eigenvalue weighted by Crippen LogP contribution is -2.17. The van der Waals surface area contributed by atoms with Crippen LogP contribution in [0.1, 0.15) is 52.7 Å². The maximum absolute atomic E-state index is 11.3. The highest BCUT2D eigenvalue weighted by Crippen LogP contribution is 2.45. The summed E-state index contributed by atoms with van der Waals surface area (Å²) in [4.78, 5) is 0. The quantitative estimate of drug-likeness (QED) is 0.456. The van der Waals surface area contributed by atoms with Gasteiger partial charge >= 0.3 is 0 Å². The molecule has 0 aliphatic carbocycles. The molecule has 0 saturated heterocycles. The summed E-state index contributed by atoms with van der Waals surface area (Å²) < 4.78 is 0. The van der Waals surface area contributed by atoms with Crippen LogP contribution in [0.3, 0.4) is 0 Å². The van der Waals surface area contributed by atoms with Gasteiger partial charge in [-0.3, -0.25) is 0 Å². The summed E-state index contributed by atoms with van der Waals surface area (Å²) in [5, 5.41) is 21.6. The van der Waals surface area contributed by atoms with Crippen molar-refractivity contribution < 1.29 is 10.2 Å². The Kier molecular flexibility index (Phi) is 5.44. The van der Waals surface area contributed by atoms with Crippen molar-refractivity contribution in [2.45, 2.75) is 52.4 Å². The topological polar surface area (TPSA) is 40.5 Å². The van der Waals surface area contributed by atoms with Crippen LogP contribution in [0.2, 0.25) is 5.02 Å². The smallest absolute Gasteiger partial charge is 0.127 e. The molecule has 152 valence electrons. The minimum absolute atomic E-state index is 0.0619. The predicted molar refractivity (Wildman–Crippen MR) is 123 cm³/mol. The van der Waals surface area contributed by atoms with E-state index in [0.717, 1.165) is 27.8 Å². The normalized spacial score (nSPS) is 12.2. The van der Waals surface area contributed by atoms with E-state index in [4.69, 9.17) is 11.6 Å². The molecule has 0 heterocycles. The molecule has 3 aromatic carbocycles. The third-order valence-electron chi connectivity index (χ3n) is 5.23. The number of rotatable bonds is 2. The summed E-state index contributed by atoms with van der Waals surface area (Å²) in [5.41, 5.74) is 5.38. The lowest BCUT2D eigenvalue weighted by Gasteiger charge is -2.28. The van der Waals surface area contributed by atoms with Crippen molar-refractivity contribution >= 4 is 11.6 Å². The van der Waals surface area contributed by atoms with Crippen LogP contribution in [0.5, 0.6) is 11.5 Å². The van der Waals surface area contributed by atoms with Gasteiger partial charge in [-0.25, -0.2) is 0 Å². The van der Waals surface area contributed by atoms with Crippen LogP contribution in [0, 0.1) is 0 Å². The van der Waals surface area contributed by atoms with E-state index in [1.165, 1.54) is 5.56 Å². The molecule has 0 bridgehead atoms. The third kappa shape index (κ3) is 4.43. The number of phenols is 2. The average molecular weight is 409 g/mol. The number of benzene rings is 3. The standard InChI is InChI=1S/C26H29ClO2/c1-25(2,3)17-13-22(24(29)23(14-17)26(4,5)6)20-12-9-18(27)15-21(20)16-7-10-19(28)11-8-16/h7-15,28-29H,1-6H3. The first-order valence-corrected chi connectivity index (χ1v) is 10.2. The summed E-state index contributed by atoms with van der Waals surface area (Å²) in [6.07, 6.45) is 0. The predicted octanol–water partition coefficient (Wildman–Crippen LogP) is 7.68. The Hall–Kier alpha value is -2.45. The van der Waals surface area contributed by atoms with Gasteiger partial charge in [0.1, 0.15) is 11.5 Å². The largest absolute Gasteiger partial charge is 0.508 e. The SMILES string of the molecule is CC(C)(C)c1cc(-c2ccc(Cl)cc2-c2ccc(O)cc2)c(O)c(C(C)(C)C)c1. The Morgan fingerprint density at radius 1 is 0.655 bits per heavy atom. The van der Waals surface area contributed by atoms with E-state index in [0.29, 0.717) is 10.8 Å². The first-order chi connectivity index (χ1) is 13.4. The zero-order valence-corrected chi connectivity index (χ0v) is 18.7. The van der Waals surface area contributed by atoms with Gasteiger partial charge in [0.05, 0.1) is 0 Å². The van der Waals surface area contributed by atoms with Crippen molar-refractivity contribution in [1.82, 2.24) is 0 Å². The van der Waals surface area contributed by atoms with Gasteiger partial charge in [0.15, 0.2) is 0 Å². The third-order valence-corrected chi connectivity index (χ3v) is 5.47. The molecule has 2 N–H and O–H groups in total. The highest BCUT2D eigenvalue weighted by molar-refractivity contribution is 6.31. The van der Waals surface area contributed by atoms with Crippen LogP contribution in [0.4, 0.5) is 0 Å². The van der Waals surface area contributed by atoms with Gasteiger partial charge in [0.2, 0.25) is 0 Å². The van der Waals surface area contributed by atoms with Crippen LogP contribution in [-0.4, -0.2) is 10.2 Å².